The summed E-state index contributed by atoms with van der Waals surface area (Å²) in [6, 6.07) is 0. The van der Waals surface area contributed by atoms with Crippen LogP contribution in [0.5, 0.6) is 0 Å². The quantitative estimate of drug-likeness (QED) is 0.314. The van der Waals surface area contributed by atoms with Gasteiger partial charge in [0.2, 0.25) is 0 Å². The van der Waals surface area contributed by atoms with Crippen LogP contribution in [0.1, 0.15) is 86.0 Å². The third-order valence-electron chi connectivity index (χ3n) is 13.2. The highest BCUT2D eigenvalue weighted by molar-refractivity contribution is 5.77. The summed E-state index contributed by atoms with van der Waals surface area (Å²) >= 11 is 0. The Hall–Kier alpha value is -0.990. The molecule has 0 bridgehead atoms. The second-order valence-electron chi connectivity index (χ2n) is 15.0. The lowest BCUT2D eigenvalue weighted by Crippen LogP contribution is -2.70. The number of rotatable bonds is 3. The molecule has 5 aliphatic rings. The number of hydrogen-bond donors (Lipinski definition) is 6. The van der Waals surface area contributed by atoms with Crippen LogP contribution in [0.15, 0.2) is 11.6 Å². The molecule has 7 heteroatoms. The Morgan fingerprint density at radius 3 is 2.16 bits per heavy atom. The predicted octanol–water partition coefficient (Wildman–Crippen LogP) is 3.12. The molecule has 210 valence electrons. The first-order valence-electron chi connectivity index (χ1n) is 14.3. The molecule has 4 saturated carbocycles. The number of carboxylic acid groups (broad SMARTS) is 1. The van der Waals surface area contributed by atoms with Crippen LogP contribution < -0.4 is 0 Å². The third kappa shape index (κ3) is 3.21. The summed E-state index contributed by atoms with van der Waals surface area (Å²) in [4.78, 5) is 12.8. The molecular formula is C30H48O7. The zero-order valence-corrected chi connectivity index (χ0v) is 23.2. The molecule has 7 nitrogen and oxygen atoms in total. The summed E-state index contributed by atoms with van der Waals surface area (Å²) < 4.78 is 0. The molecule has 5 aliphatic carbocycles. The number of aliphatic hydroxyl groups is 5. The van der Waals surface area contributed by atoms with Crippen LogP contribution in [0, 0.1) is 50.2 Å². The second kappa shape index (κ2) is 8.26. The molecule has 0 aromatic carbocycles. The van der Waals surface area contributed by atoms with E-state index < -0.39 is 45.9 Å². The van der Waals surface area contributed by atoms with Crippen molar-refractivity contribution in [3.05, 3.63) is 11.6 Å². The van der Waals surface area contributed by atoms with Crippen LogP contribution in [0.2, 0.25) is 0 Å². The highest BCUT2D eigenvalue weighted by atomic mass is 16.4. The maximum atomic E-state index is 12.8. The molecule has 0 aromatic rings. The van der Waals surface area contributed by atoms with Crippen molar-refractivity contribution in [1.29, 1.82) is 0 Å². The molecule has 10 atom stereocenters. The Labute approximate surface area is 221 Å². The fraction of sp³-hybridized carbons (Fsp3) is 0.900. The summed E-state index contributed by atoms with van der Waals surface area (Å²) in [5.74, 6) is -1.18. The average molecular weight is 521 g/mol. The predicted molar refractivity (Wildman–Crippen MR) is 138 cm³/mol. The van der Waals surface area contributed by atoms with Gasteiger partial charge >= 0.3 is 5.97 Å². The van der Waals surface area contributed by atoms with Gasteiger partial charge in [0.05, 0.1) is 31.5 Å². The van der Waals surface area contributed by atoms with E-state index in [-0.39, 0.29) is 41.8 Å². The van der Waals surface area contributed by atoms with Gasteiger partial charge in [-0.1, -0.05) is 46.3 Å². The van der Waals surface area contributed by atoms with E-state index in [0.29, 0.717) is 25.7 Å². The van der Waals surface area contributed by atoms with Crippen molar-refractivity contribution >= 4 is 5.97 Å². The molecule has 0 spiro atoms. The Bertz CT molecular complexity index is 986. The first-order chi connectivity index (χ1) is 17.1. The zero-order chi connectivity index (χ0) is 27.4. The molecule has 0 heterocycles. The molecule has 0 saturated heterocycles. The Balaban J connectivity index is 1.64. The molecule has 0 amide bonds. The van der Waals surface area contributed by atoms with Crippen LogP contribution in [-0.2, 0) is 4.79 Å². The smallest absolute Gasteiger partial charge is 0.312 e. The molecule has 5 rings (SSSR count). The number of hydrogen-bond acceptors (Lipinski definition) is 6. The summed E-state index contributed by atoms with van der Waals surface area (Å²) in [5.41, 5.74) is -2.26. The van der Waals surface area contributed by atoms with Gasteiger partial charge in [-0.2, -0.15) is 0 Å². The van der Waals surface area contributed by atoms with Crippen molar-refractivity contribution in [2.45, 2.75) is 104 Å². The number of aliphatic carboxylic acids is 1. The maximum Gasteiger partial charge on any atom is 0.312 e. The largest absolute Gasteiger partial charge is 0.481 e. The van der Waals surface area contributed by atoms with E-state index in [9.17, 15) is 35.4 Å². The lowest BCUT2D eigenvalue weighted by atomic mass is 9.33. The normalized spacial score (nSPS) is 52.1. The Morgan fingerprint density at radius 1 is 0.919 bits per heavy atom. The van der Waals surface area contributed by atoms with Crippen molar-refractivity contribution < 1.29 is 35.4 Å². The van der Waals surface area contributed by atoms with Crippen LogP contribution in [0.4, 0.5) is 0 Å². The first-order valence-corrected chi connectivity index (χ1v) is 14.3. The lowest BCUT2D eigenvalue weighted by Gasteiger charge is -2.72. The summed E-state index contributed by atoms with van der Waals surface area (Å²) in [6.07, 6.45) is 4.08. The van der Waals surface area contributed by atoms with Gasteiger partial charge in [-0.25, -0.2) is 0 Å². The van der Waals surface area contributed by atoms with Crippen LogP contribution in [0.25, 0.3) is 0 Å². The molecule has 37 heavy (non-hydrogen) atoms. The van der Waals surface area contributed by atoms with Crippen molar-refractivity contribution in [2.24, 2.45) is 50.2 Å². The van der Waals surface area contributed by atoms with Crippen molar-refractivity contribution in [1.82, 2.24) is 0 Å². The topological polar surface area (TPSA) is 138 Å². The highest BCUT2D eigenvalue weighted by Gasteiger charge is 2.72. The second-order valence-corrected chi connectivity index (χ2v) is 15.0. The highest BCUT2D eigenvalue weighted by Crippen LogP contribution is 2.75. The van der Waals surface area contributed by atoms with Crippen molar-refractivity contribution in [3.8, 4) is 0 Å². The van der Waals surface area contributed by atoms with Gasteiger partial charge in [0, 0.05) is 5.41 Å². The van der Waals surface area contributed by atoms with Gasteiger partial charge in [-0.3, -0.25) is 4.79 Å². The molecule has 6 N–H and O–H groups in total. The van der Waals surface area contributed by atoms with Gasteiger partial charge in [0.15, 0.2) is 0 Å². The van der Waals surface area contributed by atoms with Gasteiger partial charge < -0.3 is 30.6 Å². The van der Waals surface area contributed by atoms with Crippen LogP contribution in [-0.4, -0.2) is 68.1 Å². The average Bonchev–Trinajstić information content (AvgIpc) is 2.80. The maximum absolute atomic E-state index is 12.8. The van der Waals surface area contributed by atoms with Crippen molar-refractivity contribution in [2.75, 3.05) is 13.2 Å². The molecule has 0 unspecified atom stereocenters. The van der Waals surface area contributed by atoms with Crippen LogP contribution >= 0.6 is 0 Å². The third-order valence-corrected chi connectivity index (χ3v) is 13.2. The number of aliphatic hydroxyl groups excluding tert-OH is 5. The minimum Gasteiger partial charge on any atom is -0.481 e. The van der Waals surface area contributed by atoms with Crippen LogP contribution in [0.3, 0.4) is 0 Å². The molecule has 0 radical (unpaired) electrons. The van der Waals surface area contributed by atoms with E-state index in [0.717, 1.165) is 25.7 Å². The van der Waals surface area contributed by atoms with E-state index in [1.807, 2.05) is 0 Å². The van der Waals surface area contributed by atoms with Gasteiger partial charge in [0.1, 0.15) is 5.41 Å². The lowest BCUT2D eigenvalue weighted by molar-refractivity contribution is -0.260. The fourth-order valence-corrected chi connectivity index (χ4v) is 10.9. The summed E-state index contributed by atoms with van der Waals surface area (Å²) in [6.45, 7) is 10.3. The number of fused-ring (bicyclic) bond motifs is 7. The first kappa shape index (κ1) is 27.6. The monoisotopic (exact) mass is 520 g/mol. The van der Waals surface area contributed by atoms with Gasteiger partial charge in [-0.05, 0) is 90.8 Å². The van der Waals surface area contributed by atoms with Gasteiger partial charge in [0.25, 0.3) is 0 Å². The Kier molecular flexibility index (Phi) is 6.16. The van der Waals surface area contributed by atoms with Gasteiger partial charge in [-0.15, -0.1) is 0 Å². The number of carbonyl (C=O) groups is 1. The standard InChI is InChI=1S/C30H48O7/c1-25(2)10-11-30(24(36)37)18(12-25)17-6-7-20-26(3)13-19(33)23(35)29(15-31,16-32)21(26)8-9-27(20,4)28(17,5)14-22(30)34/h6,18-23,31-35H,7-16H2,1-5H3,(H,36,37)/t18-,19+,20-,21-,22-,23+,26-,27-,28-,30-/m1/s1. The minimum absolute atomic E-state index is 0.00467. The number of allylic oxidation sites excluding steroid dienone is 2. The summed E-state index contributed by atoms with van der Waals surface area (Å²) in [7, 11) is 0. The minimum atomic E-state index is -1.19. The molecular weight excluding hydrogens is 472 g/mol. The summed E-state index contributed by atoms with van der Waals surface area (Å²) in [5, 5.41) is 65.1. The Morgan fingerprint density at radius 2 is 1.57 bits per heavy atom. The van der Waals surface area contributed by atoms with E-state index in [4.69, 9.17) is 0 Å². The van der Waals surface area contributed by atoms with E-state index in [2.05, 4.69) is 40.7 Å². The van der Waals surface area contributed by atoms with E-state index >= 15 is 0 Å². The molecule has 0 aliphatic heterocycles. The van der Waals surface area contributed by atoms with Crippen molar-refractivity contribution in [3.63, 3.8) is 0 Å². The molecule has 0 aromatic heterocycles. The molecule has 4 fully saturated rings. The fourth-order valence-electron chi connectivity index (χ4n) is 10.9. The number of carboxylic acids is 1. The zero-order valence-electron chi connectivity index (χ0n) is 23.2. The SMILES string of the molecule is CC1(C)CC[C@]2(C(=O)O)[C@H](O)C[C@]3(C)C(=CC[C@@H]4[C@@]5(C)C[C@H](O)[C@H](O)C(CO)(CO)[C@@H]5CC[C@]43C)[C@H]2C1. The van der Waals surface area contributed by atoms with E-state index in [1.54, 1.807) is 0 Å². The van der Waals surface area contributed by atoms with E-state index in [1.165, 1.54) is 5.57 Å².